The Labute approximate surface area is 180 Å². The van der Waals surface area contributed by atoms with Crippen LogP contribution in [-0.4, -0.2) is 27.4 Å². The van der Waals surface area contributed by atoms with Gasteiger partial charge in [-0.1, -0.05) is 45.0 Å². The molecule has 0 saturated carbocycles. The van der Waals surface area contributed by atoms with E-state index in [9.17, 15) is 4.79 Å². The molecule has 30 heavy (non-hydrogen) atoms. The molecule has 1 N–H and O–H groups in total. The van der Waals surface area contributed by atoms with Crippen LogP contribution in [0, 0.1) is 13.8 Å². The second-order valence-corrected chi connectivity index (χ2v) is 9.62. The molecule has 0 atom stereocenters. The summed E-state index contributed by atoms with van der Waals surface area (Å²) < 4.78 is 0. The first kappa shape index (κ1) is 20.4. The Morgan fingerprint density at radius 1 is 1.10 bits per heavy atom. The van der Waals surface area contributed by atoms with Crippen molar-refractivity contribution in [3.63, 3.8) is 0 Å². The predicted molar refractivity (Wildman–Crippen MR) is 123 cm³/mol. The molecule has 0 bridgehead atoms. The first-order valence-electron chi connectivity index (χ1n) is 10.1. The van der Waals surface area contributed by atoms with Gasteiger partial charge in [0.05, 0.1) is 16.1 Å². The lowest BCUT2D eigenvalue weighted by Gasteiger charge is -2.16. The maximum Gasteiger partial charge on any atom is 0.261 e. The molecule has 4 aromatic rings. The number of rotatable bonds is 4. The monoisotopic (exact) mass is 418 g/mol. The highest BCUT2D eigenvalue weighted by Crippen LogP contribution is 2.33. The zero-order valence-electron chi connectivity index (χ0n) is 18.0. The number of nitrogens with zero attached hydrogens (tertiary/aromatic N) is 3. The first-order chi connectivity index (χ1) is 14.3. The summed E-state index contributed by atoms with van der Waals surface area (Å²) in [6, 6.07) is 10.2. The number of fused-ring (bicyclic) bond motifs is 2. The largest absolute Gasteiger partial charge is 0.351 e. The highest BCUT2D eigenvalue weighted by Gasteiger charge is 2.23. The lowest BCUT2D eigenvalue weighted by Crippen LogP contribution is -2.25. The number of thiophene rings is 1. The van der Waals surface area contributed by atoms with Crippen LogP contribution in [0.1, 0.15) is 53.1 Å². The number of hydrogen-bond donors (Lipinski definition) is 1. The molecular weight excluding hydrogens is 392 g/mol. The van der Waals surface area contributed by atoms with Crippen molar-refractivity contribution < 1.29 is 4.79 Å². The van der Waals surface area contributed by atoms with Gasteiger partial charge in [-0.05, 0) is 37.5 Å². The van der Waals surface area contributed by atoms with Crippen molar-refractivity contribution in [2.45, 2.75) is 46.5 Å². The van der Waals surface area contributed by atoms with Crippen LogP contribution < -0.4 is 5.32 Å². The number of aryl methyl sites for hydroxylation is 2. The van der Waals surface area contributed by atoms with Crippen LogP contribution in [0.4, 0.5) is 0 Å². The fourth-order valence-electron chi connectivity index (χ4n) is 3.65. The minimum absolute atomic E-state index is 0.0552. The molecule has 5 nitrogen and oxygen atoms in total. The molecule has 0 radical (unpaired) electrons. The number of nitrogens with one attached hydrogen (secondary N) is 1. The molecule has 3 aromatic heterocycles. The van der Waals surface area contributed by atoms with Crippen LogP contribution in [0.2, 0.25) is 0 Å². The van der Waals surface area contributed by atoms with E-state index in [1.54, 1.807) is 6.20 Å². The van der Waals surface area contributed by atoms with Crippen molar-refractivity contribution >= 4 is 38.4 Å². The normalized spacial score (nSPS) is 11.9. The molecule has 0 aliphatic heterocycles. The molecule has 1 aromatic carbocycles. The summed E-state index contributed by atoms with van der Waals surface area (Å²) in [6.45, 7) is 10.8. The number of hydrogen-bond acceptors (Lipinski definition) is 5. The van der Waals surface area contributed by atoms with E-state index in [0.29, 0.717) is 11.4 Å². The van der Waals surface area contributed by atoms with Gasteiger partial charge in [0.1, 0.15) is 10.7 Å². The average Bonchev–Trinajstić information content (AvgIpc) is 3.04. The van der Waals surface area contributed by atoms with Crippen molar-refractivity contribution in [2.24, 2.45) is 0 Å². The summed E-state index contributed by atoms with van der Waals surface area (Å²) >= 11 is 1.45. The van der Waals surface area contributed by atoms with E-state index in [1.807, 2.05) is 26.0 Å². The lowest BCUT2D eigenvalue weighted by molar-refractivity contribution is 0.0957. The molecule has 154 valence electrons. The highest BCUT2D eigenvalue weighted by atomic mass is 32.1. The smallest absolute Gasteiger partial charge is 0.261 e. The maximum absolute atomic E-state index is 12.9. The molecule has 0 spiro atoms. The van der Waals surface area contributed by atoms with Crippen LogP contribution in [0.25, 0.3) is 21.1 Å². The van der Waals surface area contributed by atoms with Crippen LogP contribution in [0.3, 0.4) is 0 Å². The van der Waals surface area contributed by atoms with E-state index >= 15 is 0 Å². The molecule has 0 aliphatic carbocycles. The van der Waals surface area contributed by atoms with Gasteiger partial charge in [0.15, 0.2) is 0 Å². The van der Waals surface area contributed by atoms with Crippen LogP contribution in [0.5, 0.6) is 0 Å². The Morgan fingerprint density at radius 3 is 2.63 bits per heavy atom. The molecule has 1 amide bonds. The van der Waals surface area contributed by atoms with Gasteiger partial charge in [0.25, 0.3) is 5.91 Å². The van der Waals surface area contributed by atoms with Crippen LogP contribution >= 0.6 is 11.3 Å². The van der Waals surface area contributed by atoms with E-state index in [-0.39, 0.29) is 11.3 Å². The van der Waals surface area contributed by atoms with Crippen LogP contribution in [0.15, 0.2) is 36.5 Å². The number of carbonyl (C=O) groups is 1. The van der Waals surface area contributed by atoms with Crippen molar-refractivity contribution in [3.05, 3.63) is 64.1 Å². The van der Waals surface area contributed by atoms with E-state index in [0.717, 1.165) is 50.2 Å². The Bertz CT molecular complexity index is 1250. The second kappa shape index (κ2) is 7.76. The van der Waals surface area contributed by atoms with Gasteiger partial charge in [-0.3, -0.25) is 9.78 Å². The predicted octanol–water partition coefficient (Wildman–Crippen LogP) is 5.13. The van der Waals surface area contributed by atoms with Gasteiger partial charge in [-0.25, -0.2) is 9.97 Å². The number of benzene rings is 1. The van der Waals surface area contributed by atoms with Gasteiger partial charge in [-0.15, -0.1) is 11.3 Å². The molecule has 6 heteroatoms. The Kier molecular flexibility index (Phi) is 5.28. The Hall–Kier alpha value is -2.86. The van der Waals surface area contributed by atoms with Crippen molar-refractivity contribution in [1.29, 1.82) is 0 Å². The summed E-state index contributed by atoms with van der Waals surface area (Å²) in [7, 11) is 0. The average molecular weight is 419 g/mol. The summed E-state index contributed by atoms with van der Waals surface area (Å²) in [5.74, 6) is 0.754. The number of carbonyl (C=O) groups excluding carboxylic acids is 1. The van der Waals surface area contributed by atoms with Crippen molar-refractivity contribution in [3.8, 4) is 0 Å². The van der Waals surface area contributed by atoms with Crippen LogP contribution in [-0.2, 0) is 11.8 Å². The minimum Gasteiger partial charge on any atom is -0.351 e. The van der Waals surface area contributed by atoms with Crippen molar-refractivity contribution in [1.82, 2.24) is 20.3 Å². The topological polar surface area (TPSA) is 67.8 Å². The molecule has 0 aliphatic rings. The fourth-order valence-corrected chi connectivity index (χ4v) is 4.80. The van der Waals surface area contributed by atoms with Gasteiger partial charge in [0.2, 0.25) is 0 Å². The number of para-hydroxylation sites is 1. The van der Waals surface area contributed by atoms with E-state index < -0.39 is 0 Å². The summed E-state index contributed by atoms with van der Waals surface area (Å²) in [4.78, 5) is 28.5. The molecule has 0 unspecified atom stereocenters. The highest BCUT2D eigenvalue weighted by molar-refractivity contribution is 7.20. The Morgan fingerprint density at radius 2 is 1.87 bits per heavy atom. The quantitative estimate of drug-likeness (QED) is 0.499. The summed E-state index contributed by atoms with van der Waals surface area (Å²) in [6.07, 6.45) is 2.54. The van der Waals surface area contributed by atoms with E-state index in [2.05, 4.69) is 49.3 Å². The SMILES string of the molecule is Cc1nc(C(C)(C)C)nc2sc(C(=O)NCCc3cccc4cccnc34)c(C)c12. The van der Waals surface area contributed by atoms with Gasteiger partial charge >= 0.3 is 0 Å². The summed E-state index contributed by atoms with van der Waals surface area (Å²) in [5, 5.41) is 5.19. The summed E-state index contributed by atoms with van der Waals surface area (Å²) in [5.41, 5.74) is 3.88. The van der Waals surface area contributed by atoms with E-state index in [1.165, 1.54) is 11.3 Å². The molecule has 3 heterocycles. The number of aromatic nitrogens is 3. The third kappa shape index (κ3) is 3.79. The third-order valence-corrected chi connectivity index (χ3v) is 6.43. The van der Waals surface area contributed by atoms with Gasteiger partial charge < -0.3 is 5.32 Å². The first-order valence-corrected chi connectivity index (χ1v) is 11.0. The standard InChI is InChI=1S/C24H26N4OS/c1-14-18-15(2)27-23(24(3,4)5)28-22(18)30-20(14)21(29)26-13-11-17-9-6-8-16-10-7-12-25-19(16)17/h6-10,12H,11,13H2,1-5H3,(H,26,29). The van der Waals surface area contributed by atoms with Gasteiger partial charge in [-0.2, -0.15) is 0 Å². The zero-order chi connectivity index (χ0) is 21.5. The van der Waals surface area contributed by atoms with E-state index in [4.69, 9.17) is 9.97 Å². The number of pyridine rings is 1. The molecule has 0 saturated heterocycles. The second-order valence-electron chi connectivity index (χ2n) is 8.62. The number of amides is 1. The van der Waals surface area contributed by atoms with Crippen molar-refractivity contribution in [2.75, 3.05) is 6.54 Å². The maximum atomic E-state index is 12.9. The zero-order valence-corrected chi connectivity index (χ0v) is 18.9. The minimum atomic E-state index is -0.133. The molecule has 0 fully saturated rings. The molecular formula is C24H26N4OS. The molecule has 4 rings (SSSR count). The van der Waals surface area contributed by atoms with Gasteiger partial charge in [0, 0.05) is 28.9 Å². The third-order valence-electron chi connectivity index (χ3n) is 5.24. The fraction of sp³-hybridized carbons (Fsp3) is 0.333. The Balaban J connectivity index is 1.55. The lowest BCUT2D eigenvalue weighted by atomic mass is 9.95.